The standard InChI is InChI=1S/C13H17BN2O3.C7H5BrN2O/c1-12(2)13(3,4)19-14(18-12)8-5-6-10-9(7-8)16-11(15)17-10;8-4-1-2-6-5(3-4)10-7(9)11-6/h5-7H,1-4H3,(H2,15,16);1-3H,(H2,9,10). The molecule has 0 aliphatic carbocycles. The van der Waals surface area contributed by atoms with Crippen LogP contribution in [0.25, 0.3) is 22.2 Å². The molecule has 1 saturated heterocycles. The van der Waals surface area contributed by atoms with Crippen LogP contribution in [-0.2, 0) is 9.31 Å². The summed E-state index contributed by atoms with van der Waals surface area (Å²) in [5.41, 5.74) is 14.0. The van der Waals surface area contributed by atoms with E-state index in [1.54, 1.807) is 0 Å². The zero-order chi connectivity index (χ0) is 21.7. The van der Waals surface area contributed by atoms with Crippen LogP contribution >= 0.6 is 15.9 Å². The molecule has 1 fully saturated rings. The van der Waals surface area contributed by atoms with Gasteiger partial charge in [0.05, 0.1) is 11.2 Å². The van der Waals surface area contributed by atoms with Gasteiger partial charge >= 0.3 is 7.12 Å². The Morgan fingerprint density at radius 2 is 1.30 bits per heavy atom. The van der Waals surface area contributed by atoms with E-state index in [9.17, 15) is 0 Å². The van der Waals surface area contributed by atoms with Gasteiger partial charge in [0.15, 0.2) is 11.2 Å². The third-order valence-corrected chi connectivity index (χ3v) is 5.81. The molecule has 3 heterocycles. The molecular weight excluding hydrogens is 451 g/mol. The summed E-state index contributed by atoms with van der Waals surface area (Å²) in [6.07, 6.45) is 0. The highest BCUT2D eigenvalue weighted by Crippen LogP contribution is 2.36. The Kier molecular flexibility index (Phi) is 5.04. The fraction of sp³-hybridized carbons (Fsp3) is 0.300. The van der Waals surface area contributed by atoms with E-state index >= 15 is 0 Å². The highest BCUT2D eigenvalue weighted by atomic mass is 79.9. The van der Waals surface area contributed by atoms with Crippen molar-refractivity contribution in [2.75, 3.05) is 11.5 Å². The first-order chi connectivity index (χ1) is 14.0. The van der Waals surface area contributed by atoms with Crippen LogP contribution in [0.1, 0.15) is 27.7 Å². The maximum absolute atomic E-state index is 5.99. The number of nitrogens with zero attached hydrogens (tertiary/aromatic N) is 2. The first-order valence-corrected chi connectivity index (χ1v) is 10.2. The van der Waals surface area contributed by atoms with Gasteiger partial charge in [-0.25, -0.2) is 0 Å². The van der Waals surface area contributed by atoms with Crippen LogP contribution in [0.4, 0.5) is 12.0 Å². The normalized spacial score (nSPS) is 17.3. The van der Waals surface area contributed by atoms with Crippen molar-refractivity contribution in [2.24, 2.45) is 0 Å². The van der Waals surface area contributed by atoms with Crippen LogP contribution in [0.15, 0.2) is 49.7 Å². The molecule has 30 heavy (non-hydrogen) atoms. The predicted molar refractivity (Wildman–Crippen MR) is 120 cm³/mol. The molecule has 5 rings (SSSR count). The summed E-state index contributed by atoms with van der Waals surface area (Å²) in [6, 6.07) is 11.6. The molecular formula is C20H22BBrN4O4. The van der Waals surface area contributed by atoms with Crippen molar-refractivity contribution in [1.82, 2.24) is 9.97 Å². The summed E-state index contributed by atoms with van der Waals surface area (Å²) in [6.45, 7) is 8.11. The first kappa shape index (κ1) is 20.7. The van der Waals surface area contributed by atoms with Gasteiger partial charge in [0.2, 0.25) is 0 Å². The number of benzene rings is 2. The monoisotopic (exact) mass is 472 g/mol. The van der Waals surface area contributed by atoms with Gasteiger partial charge in [-0.2, -0.15) is 9.97 Å². The largest absolute Gasteiger partial charge is 0.494 e. The van der Waals surface area contributed by atoms with Crippen molar-refractivity contribution in [3.63, 3.8) is 0 Å². The second kappa shape index (κ2) is 7.30. The van der Waals surface area contributed by atoms with Gasteiger partial charge in [0.25, 0.3) is 12.0 Å². The maximum atomic E-state index is 5.99. The van der Waals surface area contributed by atoms with Crippen LogP contribution in [0.2, 0.25) is 0 Å². The van der Waals surface area contributed by atoms with Gasteiger partial charge in [-0.15, -0.1) is 0 Å². The lowest BCUT2D eigenvalue weighted by Gasteiger charge is -2.32. The highest BCUT2D eigenvalue weighted by Gasteiger charge is 2.51. The van der Waals surface area contributed by atoms with E-state index in [-0.39, 0.29) is 23.2 Å². The molecule has 0 unspecified atom stereocenters. The minimum atomic E-state index is -0.396. The molecule has 0 bridgehead atoms. The number of nitrogen functional groups attached to an aromatic ring is 2. The van der Waals surface area contributed by atoms with Crippen molar-refractivity contribution in [2.45, 2.75) is 38.9 Å². The molecule has 4 aromatic rings. The predicted octanol–water partition coefficient (Wildman–Crippen LogP) is 3.88. The summed E-state index contributed by atoms with van der Waals surface area (Å²) in [4.78, 5) is 8.07. The summed E-state index contributed by atoms with van der Waals surface area (Å²) in [5, 5.41) is 0. The number of halogens is 1. The van der Waals surface area contributed by atoms with Crippen LogP contribution < -0.4 is 16.9 Å². The fourth-order valence-electron chi connectivity index (χ4n) is 3.01. The highest BCUT2D eigenvalue weighted by molar-refractivity contribution is 9.10. The van der Waals surface area contributed by atoms with Crippen LogP contribution in [0.3, 0.4) is 0 Å². The molecule has 0 radical (unpaired) electrons. The van der Waals surface area contributed by atoms with E-state index in [0.29, 0.717) is 16.7 Å². The van der Waals surface area contributed by atoms with E-state index in [0.717, 1.165) is 15.5 Å². The quantitative estimate of drug-likeness (QED) is 0.400. The zero-order valence-corrected chi connectivity index (χ0v) is 18.7. The molecule has 0 atom stereocenters. The van der Waals surface area contributed by atoms with Crippen molar-refractivity contribution in [3.8, 4) is 0 Å². The van der Waals surface area contributed by atoms with Gasteiger partial charge in [-0.05, 0) is 63.5 Å². The number of hydrogen-bond acceptors (Lipinski definition) is 8. The Labute approximate surface area is 182 Å². The Bertz CT molecular complexity index is 1200. The van der Waals surface area contributed by atoms with Crippen LogP contribution in [0.5, 0.6) is 0 Å². The molecule has 4 N–H and O–H groups in total. The molecule has 2 aromatic heterocycles. The summed E-state index contributed by atoms with van der Waals surface area (Å²) < 4.78 is 23.3. The maximum Gasteiger partial charge on any atom is 0.494 e. The minimum absolute atomic E-state index is 0.168. The van der Waals surface area contributed by atoms with Gasteiger partial charge in [-0.1, -0.05) is 22.0 Å². The summed E-state index contributed by atoms with van der Waals surface area (Å²) >= 11 is 3.32. The molecule has 8 nitrogen and oxygen atoms in total. The molecule has 2 aromatic carbocycles. The van der Waals surface area contributed by atoms with Gasteiger partial charge in [0.1, 0.15) is 11.0 Å². The van der Waals surface area contributed by atoms with Gasteiger partial charge in [0, 0.05) is 4.47 Å². The average Bonchev–Trinajstić information content (AvgIpc) is 3.26. The Hall–Kier alpha value is -2.56. The lowest BCUT2D eigenvalue weighted by Crippen LogP contribution is -2.41. The average molecular weight is 473 g/mol. The lowest BCUT2D eigenvalue weighted by molar-refractivity contribution is 0.00578. The summed E-state index contributed by atoms with van der Waals surface area (Å²) in [5.74, 6) is 0. The van der Waals surface area contributed by atoms with Crippen LogP contribution in [0, 0.1) is 0 Å². The number of nitrogens with two attached hydrogens (primary N) is 2. The molecule has 0 saturated carbocycles. The smallest absolute Gasteiger partial charge is 0.424 e. The Morgan fingerprint density at radius 3 is 1.87 bits per heavy atom. The number of fused-ring (bicyclic) bond motifs is 2. The minimum Gasteiger partial charge on any atom is -0.424 e. The van der Waals surface area contributed by atoms with Crippen molar-refractivity contribution in [1.29, 1.82) is 0 Å². The SMILES string of the molecule is CC1(C)OB(c2ccc3oc(N)nc3c2)OC1(C)C.Nc1nc2cc(Br)ccc2o1. The van der Waals surface area contributed by atoms with E-state index in [2.05, 4.69) is 25.9 Å². The number of rotatable bonds is 1. The number of anilines is 2. The Morgan fingerprint density at radius 1 is 0.800 bits per heavy atom. The van der Waals surface area contributed by atoms with E-state index in [1.807, 2.05) is 64.1 Å². The van der Waals surface area contributed by atoms with E-state index < -0.39 is 7.12 Å². The summed E-state index contributed by atoms with van der Waals surface area (Å²) in [7, 11) is -0.396. The third kappa shape index (κ3) is 3.90. The van der Waals surface area contributed by atoms with Crippen molar-refractivity contribution in [3.05, 3.63) is 40.9 Å². The number of hydrogen-bond donors (Lipinski definition) is 2. The van der Waals surface area contributed by atoms with Gasteiger partial charge in [-0.3, -0.25) is 0 Å². The molecule has 10 heteroatoms. The lowest BCUT2D eigenvalue weighted by atomic mass is 9.79. The third-order valence-electron chi connectivity index (χ3n) is 5.32. The molecule has 156 valence electrons. The fourth-order valence-corrected chi connectivity index (χ4v) is 3.36. The molecule has 0 amide bonds. The van der Waals surface area contributed by atoms with Gasteiger partial charge < -0.3 is 29.6 Å². The topological polar surface area (TPSA) is 123 Å². The second-order valence-electron chi connectivity index (χ2n) is 8.03. The van der Waals surface area contributed by atoms with Crippen molar-refractivity contribution >= 4 is 62.7 Å². The molecule has 0 spiro atoms. The first-order valence-electron chi connectivity index (χ1n) is 9.37. The Balaban J connectivity index is 0.000000168. The molecule has 1 aliphatic rings. The number of aromatic nitrogens is 2. The van der Waals surface area contributed by atoms with Crippen molar-refractivity contribution < 1.29 is 18.1 Å². The van der Waals surface area contributed by atoms with Crippen LogP contribution in [-0.4, -0.2) is 28.3 Å². The number of oxazole rings is 2. The zero-order valence-electron chi connectivity index (χ0n) is 17.1. The molecule has 1 aliphatic heterocycles. The second-order valence-corrected chi connectivity index (χ2v) is 8.95. The van der Waals surface area contributed by atoms with E-state index in [1.165, 1.54) is 0 Å². The van der Waals surface area contributed by atoms with E-state index in [4.69, 9.17) is 29.6 Å².